The second kappa shape index (κ2) is 6.16. The summed E-state index contributed by atoms with van der Waals surface area (Å²) in [7, 11) is 0. The molecule has 3 heteroatoms. The smallest absolute Gasteiger partial charge is 0.123 e. The summed E-state index contributed by atoms with van der Waals surface area (Å²) in [6.07, 6.45) is 5.14. The summed E-state index contributed by atoms with van der Waals surface area (Å²) >= 11 is 0. The molecule has 0 aliphatic heterocycles. The van der Waals surface area contributed by atoms with Crippen molar-refractivity contribution < 1.29 is 4.39 Å². The molecule has 1 aromatic carbocycles. The fourth-order valence-electron chi connectivity index (χ4n) is 2.75. The number of nitrogens with zero attached hydrogens (tertiary/aromatic N) is 1. The maximum Gasteiger partial charge on any atom is 0.123 e. The summed E-state index contributed by atoms with van der Waals surface area (Å²) in [5.41, 5.74) is 1.33. The van der Waals surface area contributed by atoms with E-state index < -0.39 is 0 Å². The van der Waals surface area contributed by atoms with Gasteiger partial charge in [-0.3, -0.25) is 0 Å². The van der Waals surface area contributed by atoms with Gasteiger partial charge in [0.2, 0.25) is 0 Å². The molecule has 102 valence electrons. The third-order valence-corrected chi connectivity index (χ3v) is 4.21. The summed E-state index contributed by atoms with van der Waals surface area (Å²) in [6, 6.07) is 9.48. The first-order valence-corrected chi connectivity index (χ1v) is 6.96. The van der Waals surface area contributed by atoms with Crippen LogP contribution in [0.4, 0.5) is 4.39 Å². The van der Waals surface area contributed by atoms with Gasteiger partial charge in [0.1, 0.15) is 5.82 Å². The minimum atomic E-state index is -0.186. The molecule has 1 fully saturated rings. The van der Waals surface area contributed by atoms with Crippen molar-refractivity contribution in [1.82, 2.24) is 5.32 Å². The van der Waals surface area contributed by atoms with Crippen molar-refractivity contribution in [2.45, 2.75) is 51.6 Å². The van der Waals surface area contributed by atoms with E-state index >= 15 is 0 Å². The predicted octanol–water partition coefficient (Wildman–Crippen LogP) is 3.78. The highest BCUT2D eigenvalue weighted by atomic mass is 19.1. The van der Waals surface area contributed by atoms with Gasteiger partial charge >= 0.3 is 0 Å². The van der Waals surface area contributed by atoms with Gasteiger partial charge in [-0.2, -0.15) is 5.26 Å². The fourth-order valence-corrected chi connectivity index (χ4v) is 2.75. The molecule has 0 heterocycles. The van der Waals surface area contributed by atoms with E-state index in [1.165, 1.54) is 12.1 Å². The van der Waals surface area contributed by atoms with Crippen molar-refractivity contribution >= 4 is 0 Å². The van der Waals surface area contributed by atoms with Crippen molar-refractivity contribution in [2.24, 2.45) is 5.41 Å². The Morgan fingerprint density at radius 2 is 1.95 bits per heavy atom. The number of nitrogens with one attached hydrogen (secondary N) is 1. The van der Waals surface area contributed by atoms with Crippen molar-refractivity contribution in [3.8, 4) is 6.07 Å². The second-order valence-electron chi connectivity index (χ2n) is 5.93. The topological polar surface area (TPSA) is 35.8 Å². The van der Waals surface area contributed by atoms with Crippen molar-refractivity contribution in [3.05, 3.63) is 35.6 Å². The van der Waals surface area contributed by atoms with Crippen LogP contribution in [-0.2, 0) is 6.54 Å². The fraction of sp³-hybridized carbons (Fsp3) is 0.562. The molecular weight excluding hydrogens is 239 g/mol. The lowest BCUT2D eigenvalue weighted by Gasteiger charge is -2.36. The third kappa shape index (κ3) is 4.04. The number of hydrogen-bond acceptors (Lipinski definition) is 2. The molecule has 0 radical (unpaired) electrons. The van der Waals surface area contributed by atoms with Gasteiger partial charge in [-0.15, -0.1) is 0 Å². The first-order valence-electron chi connectivity index (χ1n) is 6.96. The summed E-state index contributed by atoms with van der Waals surface area (Å²) in [5, 5.41) is 12.4. The van der Waals surface area contributed by atoms with Crippen LogP contribution >= 0.6 is 0 Å². The Labute approximate surface area is 114 Å². The lowest BCUT2D eigenvalue weighted by atomic mass is 9.72. The van der Waals surface area contributed by atoms with E-state index in [4.69, 9.17) is 5.26 Å². The zero-order valence-electron chi connectivity index (χ0n) is 11.5. The van der Waals surface area contributed by atoms with E-state index in [9.17, 15) is 4.39 Å². The normalized spacial score (nSPS) is 26.9. The van der Waals surface area contributed by atoms with Crippen molar-refractivity contribution in [2.75, 3.05) is 0 Å². The number of halogens is 1. The van der Waals surface area contributed by atoms with Crippen LogP contribution in [0.3, 0.4) is 0 Å². The van der Waals surface area contributed by atoms with Gasteiger partial charge in [0, 0.05) is 19.0 Å². The van der Waals surface area contributed by atoms with Crippen molar-refractivity contribution in [1.29, 1.82) is 5.26 Å². The zero-order chi connectivity index (χ0) is 13.7. The highest BCUT2D eigenvalue weighted by molar-refractivity contribution is 5.15. The van der Waals surface area contributed by atoms with Crippen LogP contribution in [0.2, 0.25) is 0 Å². The molecule has 0 spiro atoms. The molecule has 2 nitrogen and oxygen atoms in total. The van der Waals surface area contributed by atoms with Gasteiger partial charge in [0.15, 0.2) is 0 Å². The van der Waals surface area contributed by atoms with E-state index in [2.05, 4.69) is 18.3 Å². The zero-order valence-corrected chi connectivity index (χ0v) is 11.5. The SMILES string of the molecule is CC1(CC#N)CCC(NCc2ccc(F)cc2)CC1. The first kappa shape index (κ1) is 14.0. The summed E-state index contributed by atoms with van der Waals surface area (Å²) < 4.78 is 12.8. The van der Waals surface area contributed by atoms with E-state index in [1.807, 2.05) is 12.1 Å². The minimum Gasteiger partial charge on any atom is -0.310 e. The molecule has 0 bridgehead atoms. The van der Waals surface area contributed by atoms with Crippen LogP contribution in [0.5, 0.6) is 0 Å². The Bertz CT molecular complexity index is 439. The molecule has 1 aliphatic rings. The van der Waals surface area contributed by atoms with Crippen LogP contribution in [0, 0.1) is 22.6 Å². The molecular formula is C16H21FN2. The van der Waals surface area contributed by atoms with E-state index in [0.717, 1.165) is 37.8 Å². The highest BCUT2D eigenvalue weighted by Gasteiger charge is 2.30. The molecule has 1 aliphatic carbocycles. The average molecular weight is 260 g/mol. The molecule has 1 aromatic rings. The first-order chi connectivity index (χ1) is 9.11. The molecule has 0 unspecified atom stereocenters. The number of hydrogen-bond donors (Lipinski definition) is 1. The maximum absolute atomic E-state index is 12.8. The van der Waals surface area contributed by atoms with E-state index in [1.54, 1.807) is 0 Å². The Morgan fingerprint density at radius 3 is 2.53 bits per heavy atom. The summed E-state index contributed by atoms with van der Waals surface area (Å²) in [5.74, 6) is -0.186. The van der Waals surface area contributed by atoms with Crippen LogP contribution in [0.1, 0.15) is 44.6 Å². The molecule has 0 saturated heterocycles. The van der Waals surface area contributed by atoms with E-state index in [0.29, 0.717) is 12.5 Å². The summed E-state index contributed by atoms with van der Waals surface area (Å²) in [4.78, 5) is 0. The predicted molar refractivity (Wildman–Crippen MR) is 73.8 cm³/mol. The van der Waals surface area contributed by atoms with Crippen LogP contribution in [0.25, 0.3) is 0 Å². The largest absolute Gasteiger partial charge is 0.310 e. The molecule has 19 heavy (non-hydrogen) atoms. The van der Waals surface area contributed by atoms with Gasteiger partial charge < -0.3 is 5.32 Å². The second-order valence-corrected chi connectivity index (χ2v) is 5.93. The quantitative estimate of drug-likeness (QED) is 0.894. The Hall–Kier alpha value is -1.40. The Kier molecular flexibility index (Phi) is 4.55. The molecule has 2 rings (SSSR count). The van der Waals surface area contributed by atoms with Crippen molar-refractivity contribution in [3.63, 3.8) is 0 Å². The molecule has 0 atom stereocenters. The lowest BCUT2D eigenvalue weighted by Crippen LogP contribution is -2.36. The molecule has 0 amide bonds. The number of nitriles is 1. The van der Waals surface area contributed by atoms with Gasteiger partial charge in [0.25, 0.3) is 0 Å². The highest BCUT2D eigenvalue weighted by Crippen LogP contribution is 2.38. The van der Waals surface area contributed by atoms with Crippen LogP contribution < -0.4 is 5.32 Å². The van der Waals surface area contributed by atoms with Gasteiger partial charge in [-0.1, -0.05) is 19.1 Å². The Morgan fingerprint density at radius 1 is 1.32 bits per heavy atom. The molecule has 0 aromatic heterocycles. The minimum absolute atomic E-state index is 0.186. The van der Waals surface area contributed by atoms with Gasteiger partial charge in [0.05, 0.1) is 6.07 Å². The monoisotopic (exact) mass is 260 g/mol. The average Bonchev–Trinajstić information content (AvgIpc) is 2.40. The molecule has 1 N–H and O–H groups in total. The van der Waals surface area contributed by atoms with E-state index in [-0.39, 0.29) is 11.2 Å². The molecule has 1 saturated carbocycles. The lowest BCUT2D eigenvalue weighted by molar-refractivity contribution is 0.188. The van der Waals surface area contributed by atoms with Crippen LogP contribution in [0.15, 0.2) is 24.3 Å². The summed E-state index contributed by atoms with van der Waals surface area (Å²) in [6.45, 7) is 3.01. The van der Waals surface area contributed by atoms with Gasteiger partial charge in [-0.25, -0.2) is 4.39 Å². The Balaban J connectivity index is 1.77. The number of benzene rings is 1. The standard InChI is InChI=1S/C16H21FN2/c1-16(10-11-18)8-6-15(7-9-16)19-12-13-2-4-14(17)5-3-13/h2-5,15,19H,6-10,12H2,1H3. The third-order valence-electron chi connectivity index (χ3n) is 4.21. The number of rotatable bonds is 4. The van der Waals surface area contributed by atoms with Crippen LogP contribution in [-0.4, -0.2) is 6.04 Å². The maximum atomic E-state index is 12.8. The van der Waals surface area contributed by atoms with Gasteiger partial charge in [-0.05, 0) is 48.8 Å².